The number of aromatic nitrogens is 1. The minimum absolute atomic E-state index is 0.0204. The molecule has 1 amide bonds. The zero-order valence-electron chi connectivity index (χ0n) is 18.6. The van der Waals surface area contributed by atoms with Crippen LogP contribution in [0, 0.1) is 5.92 Å². The maximum absolute atomic E-state index is 12.2. The molecule has 1 unspecified atom stereocenters. The van der Waals surface area contributed by atoms with Gasteiger partial charge in [0.1, 0.15) is 11.4 Å². The minimum atomic E-state index is -3.54. The monoisotopic (exact) mass is 439 g/mol. The number of pyridine rings is 1. The van der Waals surface area contributed by atoms with Crippen molar-refractivity contribution in [2.45, 2.75) is 52.4 Å². The number of hydrogen-bond donors (Lipinski definition) is 1. The lowest BCUT2D eigenvalue weighted by Crippen LogP contribution is -2.50. The fourth-order valence-corrected chi connectivity index (χ4v) is 3.90. The summed E-state index contributed by atoms with van der Waals surface area (Å²) in [5.74, 6) is 0.675. The number of hydrazone groups is 1. The largest absolute Gasteiger partial charge is 0.444 e. The molecule has 0 spiro atoms. The van der Waals surface area contributed by atoms with Gasteiger partial charge >= 0.3 is 6.09 Å². The Balaban J connectivity index is 2.04. The van der Waals surface area contributed by atoms with E-state index in [-0.39, 0.29) is 12.0 Å². The Kier molecular flexibility index (Phi) is 7.68. The van der Waals surface area contributed by atoms with Crippen LogP contribution >= 0.6 is 0 Å². The van der Waals surface area contributed by atoms with Crippen LogP contribution in [0.1, 0.15) is 47.1 Å². The molecule has 1 N–H and O–H groups in total. The van der Waals surface area contributed by atoms with Gasteiger partial charge in [-0.3, -0.25) is 0 Å². The van der Waals surface area contributed by atoms with E-state index in [1.807, 2.05) is 45.6 Å². The van der Waals surface area contributed by atoms with E-state index in [9.17, 15) is 13.2 Å². The summed E-state index contributed by atoms with van der Waals surface area (Å²) < 4.78 is 29.9. The van der Waals surface area contributed by atoms with Gasteiger partial charge in [-0.05, 0) is 45.7 Å². The van der Waals surface area contributed by atoms with Gasteiger partial charge in [-0.2, -0.15) is 5.10 Å². The van der Waals surface area contributed by atoms with Crippen molar-refractivity contribution >= 4 is 28.1 Å². The highest BCUT2D eigenvalue weighted by Crippen LogP contribution is 2.19. The maximum Gasteiger partial charge on any atom is 0.410 e. The van der Waals surface area contributed by atoms with Crippen LogP contribution in [0.25, 0.3) is 0 Å². The van der Waals surface area contributed by atoms with Gasteiger partial charge in [-0.25, -0.2) is 23.0 Å². The topological polar surface area (TPSA) is 104 Å². The molecule has 1 aliphatic rings. The third-order valence-corrected chi connectivity index (χ3v) is 6.74. The zero-order chi connectivity index (χ0) is 22.5. The van der Waals surface area contributed by atoms with Gasteiger partial charge in [0.2, 0.25) is 10.0 Å². The Morgan fingerprint density at radius 1 is 1.23 bits per heavy atom. The number of carbonyl (C=O) groups is 1. The summed E-state index contributed by atoms with van der Waals surface area (Å²) in [4.78, 5) is 22.7. The Labute approximate surface area is 179 Å². The number of carbonyl (C=O) groups excluding carboxylic acids is 1. The van der Waals surface area contributed by atoms with Crippen LogP contribution in [0.4, 0.5) is 10.6 Å². The van der Waals surface area contributed by atoms with Crippen molar-refractivity contribution in [2.75, 3.05) is 31.1 Å². The van der Waals surface area contributed by atoms with Gasteiger partial charge in [0.25, 0.3) is 0 Å². The third kappa shape index (κ3) is 6.58. The predicted octanol–water partition coefficient (Wildman–Crippen LogP) is 2.44. The molecule has 2 heterocycles. The second kappa shape index (κ2) is 9.63. The molecule has 0 aliphatic carbocycles. The van der Waals surface area contributed by atoms with Gasteiger partial charge in [-0.1, -0.05) is 13.8 Å². The van der Waals surface area contributed by atoms with Crippen molar-refractivity contribution in [3.05, 3.63) is 23.9 Å². The lowest BCUT2D eigenvalue weighted by molar-refractivity contribution is 0.0240. The summed E-state index contributed by atoms with van der Waals surface area (Å²) in [7, 11) is -3.54. The van der Waals surface area contributed by atoms with Crippen LogP contribution in [0.15, 0.2) is 23.4 Å². The molecule has 9 nitrogen and oxygen atoms in total. The molecule has 0 aromatic carbocycles. The Morgan fingerprint density at radius 2 is 1.87 bits per heavy atom. The highest BCUT2D eigenvalue weighted by molar-refractivity contribution is 7.90. The van der Waals surface area contributed by atoms with E-state index < -0.39 is 20.9 Å². The number of amides is 1. The average Bonchev–Trinajstić information content (AvgIpc) is 2.66. The molecule has 0 bridgehead atoms. The van der Waals surface area contributed by atoms with Crippen molar-refractivity contribution in [1.82, 2.24) is 14.7 Å². The van der Waals surface area contributed by atoms with E-state index in [0.717, 1.165) is 0 Å². The Morgan fingerprint density at radius 3 is 2.43 bits per heavy atom. The summed E-state index contributed by atoms with van der Waals surface area (Å²) in [5.41, 5.74) is 0.169. The predicted molar refractivity (Wildman–Crippen MR) is 118 cm³/mol. The molecule has 1 fully saturated rings. The summed E-state index contributed by atoms with van der Waals surface area (Å²) in [6, 6.07) is 3.60. The van der Waals surface area contributed by atoms with Crippen LogP contribution in [0.5, 0.6) is 0 Å². The first kappa shape index (κ1) is 23.9. The lowest BCUT2D eigenvalue weighted by atomic mass is 10.2. The zero-order valence-corrected chi connectivity index (χ0v) is 19.4. The first-order chi connectivity index (χ1) is 13.9. The van der Waals surface area contributed by atoms with Crippen molar-refractivity contribution in [3.63, 3.8) is 0 Å². The molecule has 1 atom stereocenters. The number of rotatable bonds is 6. The average molecular weight is 440 g/mol. The van der Waals surface area contributed by atoms with Gasteiger partial charge in [0.15, 0.2) is 0 Å². The van der Waals surface area contributed by atoms with E-state index in [4.69, 9.17) is 4.74 Å². The molecule has 1 saturated heterocycles. The summed E-state index contributed by atoms with van der Waals surface area (Å²) in [6.07, 6.45) is 2.82. The second-order valence-corrected chi connectivity index (χ2v) is 10.7. The van der Waals surface area contributed by atoms with Crippen LogP contribution in [0.2, 0.25) is 0 Å². The van der Waals surface area contributed by atoms with Crippen molar-refractivity contribution < 1.29 is 17.9 Å². The number of ether oxygens (including phenoxy) is 1. The minimum Gasteiger partial charge on any atom is -0.444 e. The molecular weight excluding hydrogens is 406 g/mol. The van der Waals surface area contributed by atoms with Gasteiger partial charge in [0.05, 0.1) is 11.5 Å². The highest BCUT2D eigenvalue weighted by Gasteiger charge is 2.27. The molecule has 10 heteroatoms. The van der Waals surface area contributed by atoms with Crippen molar-refractivity contribution in [2.24, 2.45) is 11.0 Å². The van der Waals surface area contributed by atoms with Crippen LogP contribution in [-0.4, -0.2) is 67.6 Å². The fourth-order valence-electron chi connectivity index (χ4n) is 2.81. The molecule has 0 saturated carbocycles. The number of hydrogen-bond acceptors (Lipinski definition) is 7. The fraction of sp³-hybridized carbons (Fsp3) is 0.650. The van der Waals surface area contributed by atoms with Crippen LogP contribution in [-0.2, 0) is 14.8 Å². The molecule has 168 valence electrons. The number of sulfonamides is 1. The van der Waals surface area contributed by atoms with Gasteiger partial charge < -0.3 is 14.5 Å². The highest BCUT2D eigenvalue weighted by atomic mass is 32.2. The summed E-state index contributed by atoms with van der Waals surface area (Å²) in [6.45, 7) is 13.1. The standard InChI is InChI=1S/C20H33N5O4S/c1-15(2)16(3)30(27,28)23-22-14-17-8-7-9-21-18(17)24-10-12-25(13-11-24)19(26)29-20(4,5)6/h7-9,14-16,23H,10-13H2,1-6H3/b22-14+. The molecule has 0 radical (unpaired) electrons. The molecule has 1 aromatic heterocycles. The number of anilines is 1. The van der Waals surface area contributed by atoms with Crippen molar-refractivity contribution in [3.8, 4) is 0 Å². The maximum atomic E-state index is 12.2. The Hall–Kier alpha value is -2.36. The van der Waals surface area contributed by atoms with E-state index in [1.165, 1.54) is 6.21 Å². The normalized spacial score (nSPS) is 16.8. The molecular formula is C20H33N5O4S. The first-order valence-corrected chi connectivity index (χ1v) is 11.7. The summed E-state index contributed by atoms with van der Waals surface area (Å²) in [5, 5.41) is 3.39. The molecule has 1 aromatic rings. The van der Waals surface area contributed by atoms with E-state index in [1.54, 1.807) is 24.1 Å². The van der Waals surface area contributed by atoms with Crippen LogP contribution in [0.3, 0.4) is 0 Å². The van der Waals surface area contributed by atoms with Gasteiger partial charge in [0, 0.05) is 37.9 Å². The van der Waals surface area contributed by atoms with E-state index in [0.29, 0.717) is 37.6 Å². The third-order valence-electron chi connectivity index (χ3n) is 4.86. The smallest absolute Gasteiger partial charge is 0.410 e. The number of nitrogens with zero attached hydrogens (tertiary/aromatic N) is 4. The Bertz CT molecular complexity index is 856. The van der Waals surface area contributed by atoms with Crippen molar-refractivity contribution in [1.29, 1.82) is 0 Å². The molecule has 30 heavy (non-hydrogen) atoms. The first-order valence-electron chi connectivity index (χ1n) is 10.1. The number of piperazine rings is 1. The quantitative estimate of drug-likeness (QED) is 0.539. The van der Waals surface area contributed by atoms with E-state index in [2.05, 4.69) is 14.9 Å². The SMILES string of the molecule is CC(C)C(C)S(=O)(=O)N/N=C/c1cccnc1N1CCN(C(=O)OC(C)(C)C)CC1. The lowest BCUT2D eigenvalue weighted by Gasteiger charge is -2.36. The number of nitrogens with one attached hydrogen (secondary N) is 1. The van der Waals surface area contributed by atoms with Gasteiger partial charge in [-0.15, -0.1) is 0 Å². The summed E-state index contributed by atoms with van der Waals surface area (Å²) >= 11 is 0. The molecule has 1 aliphatic heterocycles. The molecule has 2 rings (SSSR count). The van der Waals surface area contributed by atoms with E-state index >= 15 is 0 Å². The second-order valence-electron chi connectivity index (χ2n) is 8.71. The van der Waals surface area contributed by atoms with Crippen LogP contribution < -0.4 is 9.73 Å².